The van der Waals surface area contributed by atoms with Crippen LogP contribution in [0.3, 0.4) is 0 Å². The number of benzene rings is 1. The van der Waals surface area contributed by atoms with E-state index >= 15 is 0 Å². The first-order valence-corrected chi connectivity index (χ1v) is 9.66. The van der Waals surface area contributed by atoms with Crippen LogP contribution >= 0.6 is 0 Å². The van der Waals surface area contributed by atoms with Gasteiger partial charge in [0.15, 0.2) is 0 Å². The zero-order valence-corrected chi connectivity index (χ0v) is 15.9. The highest BCUT2D eigenvalue weighted by molar-refractivity contribution is 5.89. The summed E-state index contributed by atoms with van der Waals surface area (Å²) in [4.78, 5) is 20.8. The number of halogens is 1. The van der Waals surface area contributed by atoms with Crippen molar-refractivity contribution in [2.24, 2.45) is 0 Å². The van der Waals surface area contributed by atoms with Gasteiger partial charge in [0.05, 0.1) is 17.8 Å². The molecule has 2 atom stereocenters. The molecule has 0 unspecified atom stereocenters. The summed E-state index contributed by atoms with van der Waals surface area (Å²) < 4.78 is 19.4. The van der Waals surface area contributed by atoms with Gasteiger partial charge in [-0.1, -0.05) is 12.1 Å². The van der Waals surface area contributed by atoms with Gasteiger partial charge in [-0.05, 0) is 42.7 Å². The predicted molar refractivity (Wildman–Crippen MR) is 104 cm³/mol. The quantitative estimate of drug-likeness (QED) is 0.879. The number of pyridine rings is 1. The molecule has 0 bridgehead atoms. The number of urea groups is 1. The van der Waals surface area contributed by atoms with Crippen LogP contribution in [0, 0.1) is 5.82 Å². The van der Waals surface area contributed by atoms with E-state index in [-0.39, 0.29) is 23.9 Å². The number of anilines is 1. The van der Waals surface area contributed by atoms with Crippen molar-refractivity contribution in [3.05, 3.63) is 60.2 Å². The van der Waals surface area contributed by atoms with Crippen LogP contribution in [0.5, 0.6) is 0 Å². The molecular formula is C21H25FN4O2. The molecule has 2 aliphatic rings. The molecule has 2 aliphatic heterocycles. The molecular weight excluding hydrogens is 359 g/mol. The van der Waals surface area contributed by atoms with Crippen LogP contribution in [-0.2, 0) is 4.74 Å². The molecule has 2 saturated heterocycles. The average molecular weight is 384 g/mol. The number of carbonyl (C=O) groups is 1. The number of hydrogen-bond acceptors (Lipinski definition) is 4. The van der Waals surface area contributed by atoms with E-state index in [1.807, 2.05) is 24.5 Å². The van der Waals surface area contributed by atoms with Crippen molar-refractivity contribution in [2.45, 2.75) is 31.0 Å². The third-order valence-corrected chi connectivity index (χ3v) is 5.79. The van der Waals surface area contributed by atoms with Gasteiger partial charge in [-0.15, -0.1) is 0 Å². The van der Waals surface area contributed by atoms with Crippen molar-refractivity contribution in [3.63, 3.8) is 0 Å². The number of carbonyl (C=O) groups excluding carboxylic acids is 1. The van der Waals surface area contributed by atoms with E-state index in [1.54, 1.807) is 30.2 Å². The van der Waals surface area contributed by atoms with E-state index in [2.05, 4.69) is 15.2 Å². The second kappa shape index (κ2) is 8.24. The molecule has 148 valence electrons. The Balaban J connectivity index is 1.35. The lowest BCUT2D eigenvalue weighted by molar-refractivity contribution is -0.115. The van der Waals surface area contributed by atoms with Crippen LogP contribution in [0.2, 0.25) is 0 Å². The van der Waals surface area contributed by atoms with E-state index in [1.165, 1.54) is 11.6 Å². The first-order valence-electron chi connectivity index (χ1n) is 9.66. The van der Waals surface area contributed by atoms with Crippen LogP contribution in [0.15, 0.2) is 48.8 Å². The number of methoxy groups -OCH3 is 1. The lowest BCUT2D eigenvalue weighted by Gasteiger charge is -2.53. The predicted octanol–water partition coefficient (Wildman–Crippen LogP) is 3.29. The summed E-state index contributed by atoms with van der Waals surface area (Å²) in [6, 6.07) is 10.7. The largest absolute Gasteiger partial charge is 0.378 e. The van der Waals surface area contributed by atoms with E-state index in [0.717, 1.165) is 19.4 Å². The maximum absolute atomic E-state index is 13.8. The molecule has 2 fully saturated rings. The van der Waals surface area contributed by atoms with Crippen molar-refractivity contribution in [3.8, 4) is 0 Å². The number of amides is 2. The zero-order valence-electron chi connectivity index (χ0n) is 15.9. The molecule has 1 N–H and O–H groups in total. The molecule has 4 rings (SSSR count). The molecule has 0 aliphatic carbocycles. The zero-order chi connectivity index (χ0) is 19.5. The summed E-state index contributed by atoms with van der Waals surface area (Å²) in [5.74, 6) is -0.419. The highest BCUT2D eigenvalue weighted by Gasteiger charge is 2.44. The number of rotatable bonds is 4. The minimum atomic E-state index is -0.419. The minimum Gasteiger partial charge on any atom is -0.378 e. The SMILES string of the molecule is CO[C@H]1CN(C2CCN(C(=O)Nc3ccccc3F)CC2)[C@H]1c1ccncc1. The fourth-order valence-corrected chi connectivity index (χ4v) is 4.20. The standard InChI is InChI=1S/C21H25FN4O2/c1-28-19-14-26(20(19)15-6-10-23-11-7-15)16-8-12-25(13-9-16)21(27)24-18-5-3-2-4-17(18)22/h2-7,10-11,16,19-20H,8-9,12-14H2,1H3,(H,24,27)/t19-,20-/m0/s1. The molecule has 7 heteroatoms. The van der Waals surface area contributed by atoms with Crippen molar-refractivity contribution >= 4 is 11.7 Å². The number of likely N-dealkylation sites (tertiary alicyclic amines) is 2. The molecule has 1 aromatic heterocycles. The Hall–Kier alpha value is -2.51. The van der Waals surface area contributed by atoms with Crippen LogP contribution in [0.25, 0.3) is 0 Å². The second-order valence-corrected chi connectivity index (χ2v) is 7.32. The van der Waals surface area contributed by atoms with Crippen molar-refractivity contribution < 1.29 is 13.9 Å². The summed E-state index contributed by atoms with van der Waals surface area (Å²) in [6.45, 7) is 2.21. The Morgan fingerprint density at radius 1 is 1.18 bits per heavy atom. The fraction of sp³-hybridized carbons (Fsp3) is 0.429. The van der Waals surface area contributed by atoms with E-state index in [9.17, 15) is 9.18 Å². The molecule has 28 heavy (non-hydrogen) atoms. The first kappa shape index (κ1) is 18.8. The van der Waals surface area contributed by atoms with Crippen LogP contribution < -0.4 is 5.32 Å². The molecule has 2 aromatic rings. The van der Waals surface area contributed by atoms with Gasteiger partial charge in [0.1, 0.15) is 5.82 Å². The maximum Gasteiger partial charge on any atom is 0.321 e. The topological polar surface area (TPSA) is 57.7 Å². The third-order valence-electron chi connectivity index (χ3n) is 5.79. The van der Waals surface area contributed by atoms with Gasteiger partial charge in [0.25, 0.3) is 0 Å². The van der Waals surface area contributed by atoms with Crippen LogP contribution in [0.4, 0.5) is 14.9 Å². The normalized spacial score (nSPS) is 23.3. The van der Waals surface area contributed by atoms with Gasteiger partial charge >= 0.3 is 6.03 Å². The summed E-state index contributed by atoms with van der Waals surface area (Å²) in [5.41, 5.74) is 1.44. The van der Waals surface area contributed by atoms with Crippen LogP contribution in [-0.4, -0.2) is 59.7 Å². The number of aromatic nitrogens is 1. The lowest BCUT2D eigenvalue weighted by atomic mass is 9.87. The Labute approximate surface area is 164 Å². The first-order chi connectivity index (χ1) is 13.7. The molecule has 0 radical (unpaired) electrons. The highest BCUT2D eigenvalue weighted by Crippen LogP contribution is 2.39. The van der Waals surface area contributed by atoms with Crippen molar-refractivity contribution in [2.75, 3.05) is 32.1 Å². The second-order valence-electron chi connectivity index (χ2n) is 7.32. The molecule has 3 heterocycles. The molecule has 0 spiro atoms. The van der Waals surface area contributed by atoms with Gasteiger partial charge in [-0.3, -0.25) is 9.88 Å². The summed E-state index contributed by atoms with van der Waals surface area (Å²) in [6.07, 6.45) is 5.60. The van der Waals surface area contributed by atoms with Crippen molar-refractivity contribution in [1.82, 2.24) is 14.8 Å². The van der Waals surface area contributed by atoms with Crippen LogP contribution in [0.1, 0.15) is 24.4 Å². The molecule has 6 nitrogen and oxygen atoms in total. The molecule has 0 saturated carbocycles. The highest BCUT2D eigenvalue weighted by atomic mass is 19.1. The molecule has 1 aromatic carbocycles. The van der Waals surface area contributed by atoms with Gasteiger partial charge < -0.3 is 15.0 Å². The van der Waals surface area contributed by atoms with Gasteiger partial charge in [0.2, 0.25) is 0 Å². The minimum absolute atomic E-state index is 0.185. The number of para-hydroxylation sites is 1. The average Bonchev–Trinajstić information content (AvgIpc) is 2.70. The Bertz CT molecular complexity index is 811. The Kier molecular flexibility index (Phi) is 5.54. The van der Waals surface area contributed by atoms with Gasteiger partial charge in [-0.2, -0.15) is 0 Å². The smallest absolute Gasteiger partial charge is 0.321 e. The monoisotopic (exact) mass is 384 g/mol. The number of ether oxygens (including phenoxy) is 1. The molecule has 2 amide bonds. The summed E-state index contributed by atoms with van der Waals surface area (Å²) in [7, 11) is 1.76. The Morgan fingerprint density at radius 3 is 2.57 bits per heavy atom. The Morgan fingerprint density at radius 2 is 1.89 bits per heavy atom. The summed E-state index contributed by atoms with van der Waals surface area (Å²) in [5, 5.41) is 2.67. The summed E-state index contributed by atoms with van der Waals surface area (Å²) >= 11 is 0. The van der Waals surface area contributed by atoms with E-state index < -0.39 is 5.82 Å². The lowest BCUT2D eigenvalue weighted by Crippen LogP contribution is -2.60. The number of piperidine rings is 1. The number of hydrogen-bond donors (Lipinski definition) is 1. The van der Waals surface area contributed by atoms with Gasteiger partial charge in [0, 0.05) is 45.2 Å². The maximum atomic E-state index is 13.8. The third kappa shape index (κ3) is 3.72. The van der Waals surface area contributed by atoms with Gasteiger partial charge in [-0.25, -0.2) is 9.18 Å². The van der Waals surface area contributed by atoms with E-state index in [0.29, 0.717) is 19.1 Å². The number of nitrogens with zero attached hydrogens (tertiary/aromatic N) is 3. The number of nitrogens with one attached hydrogen (secondary N) is 1. The van der Waals surface area contributed by atoms with Crippen molar-refractivity contribution in [1.29, 1.82) is 0 Å². The van der Waals surface area contributed by atoms with E-state index in [4.69, 9.17) is 4.74 Å². The fourth-order valence-electron chi connectivity index (χ4n) is 4.20.